The number of fused-ring (bicyclic) bond motifs is 2. The first-order valence-electron chi connectivity index (χ1n) is 12.5. The van der Waals surface area contributed by atoms with Gasteiger partial charge in [-0.2, -0.15) is 24.3 Å². The van der Waals surface area contributed by atoms with Gasteiger partial charge in [0.1, 0.15) is 0 Å². The summed E-state index contributed by atoms with van der Waals surface area (Å²) in [5.41, 5.74) is 2.73. The Morgan fingerprint density at radius 1 is 0.545 bits per heavy atom. The molecule has 0 heterocycles. The van der Waals surface area contributed by atoms with E-state index >= 15 is 0 Å². The fourth-order valence-corrected chi connectivity index (χ4v) is 4.44. The summed E-state index contributed by atoms with van der Waals surface area (Å²) in [6.45, 7) is 13.6. The molecule has 0 aliphatic heterocycles. The third kappa shape index (κ3) is 7.57. The molecule has 0 unspecified atom stereocenters. The third-order valence-electron chi connectivity index (χ3n) is 5.95. The van der Waals surface area contributed by atoms with E-state index in [2.05, 4.69) is 110 Å². The molecule has 4 aromatic carbocycles. The van der Waals surface area contributed by atoms with E-state index in [0.717, 1.165) is 26.2 Å². The number of anilines is 2. The van der Waals surface area contributed by atoms with Gasteiger partial charge in [0, 0.05) is 26.2 Å². The van der Waals surface area contributed by atoms with Crippen LogP contribution in [0.25, 0.3) is 21.5 Å². The zero-order chi connectivity index (χ0) is 22.8. The molecule has 0 aliphatic carbocycles. The maximum Gasteiger partial charge on any atom is 2.00 e. The number of rotatable bonds is 10. The van der Waals surface area contributed by atoms with Gasteiger partial charge < -0.3 is 9.80 Å². The Kier molecular flexibility index (Phi) is 12.0. The maximum atomic E-state index is 2.48. The van der Waals surface area contributed by atoms with Crippen LogP contribution in [-0.2, 0) is 26.2 Å². The molecule has 0 aromatic heterocycles. The van der Waals surface area contributed by atoms with Crippen molar-refractivity contribution in [3.05, 3.63) is 72.8 Å². The average Bonchev–Trinajstić information content (AvgIpc) is 3.47. The molecule has 4 rings (SSSR count). The minimum atomic E-state index is 0. The van der Waals surface area contributed by atoms with E-state index in [1.165, 1.54) is 58.6 Å². The summed E-state index contributed by atoms with van der Waals surface area (Å²) in [4.78, 5) is 4.96. The van der Waals surface area contributed by atoms with Crippen molar-refractivity contribution in [1.29, 1.82) is 0 Å². The van der Waals surface area contributed by atoms with Gasteiger partial charge in [0.2, 0.25) is 0 Å². The molecule has 0 fully saturated rings. The molecule has 33 heavy (non-hydrogen) atoms. The fraction of sp³-hybridized carbons (Fsp3) is 0.400. The number of benzene rings is 2. The molecule has 0 saturated carbocycles. The van der Waals surface area contributed by atoms with Gasteiger partial charge in [-0.1, -0.05) is 39.8 Å². The molecule has 0 amide bonds. The Labute approximate surface area is 220 Å². The van der Waals surface area contributed by atoms with Crippen LogP contribution in [0.5, 0.6) is 0 Å². The average molecular weight is 520 g/mol. The summed E-state index contributed by atoms with van der Waals surface area (Å²) in [6, 6.07) is 26.5. The minimum Gasteiger partial charge on any atom is -0.379 e. The van der Waals surface area contributed by atoms with Gasteiger partial charge in [0.05, 0.1) is 0 Å². The van der Waals surface area contributed by atoms with E-state index in [4.69, 9.17) is 0 Å². The predicted octanol–water partition coefficient (Wildman–Crippen LogP) is 8.37. The zero-order valence-electron chi connectivity index (χ0n) is 21.0. The smallest absolute Gasteiger partial charge is 0.379 e. The molecule has 4 aromatic rings. The second-order valence-electron chi connectivity index (χ2n) is 8.65. The molecule has 3 heteroatoms. The Bertz CT molecular complexity index is 963. The van der Waals surface area contributed by atoms with Crippen LogP contribution in [0, 0.1) is 0 Å². The van der Waals surface area contributed by atoms with Gasteiger partial charge in [-0.05, 0) is 37.1 Å². The molecule has 2 nitrogen and oxygen atoms in total. The van der Waals surface area contributed by atoms with Crippen LogP contribution in [-0.4, -0.2) is 26.2 Å². The Hall–Kier alpha value is -1.86. The van der Waals surface area contributed by atoms with Gasteiger partial charge in [0.25, 0.3) is 0 Å². The van der Waals surface area contributed by atoms with E-state index in [1.807, 2.05) is 0 Å². The topological polar surface area (TPSA) is 6.48 Å². The van der Waals surface area contributed by atoms with Crippen LogP contribution < -0.4 is 9.80 Å². The summed E-state index contributed by atoms with van der Waals surface area (Å²) in [5, 5.41) is 5.40. The molecular weight excluding hydrogens is 480 g/mol. The molecule has 0 atom stereocenters. The molecule has 0 bridgehead atoms. The predicted molar refractivity (Wildman–Crippen MR) is 145 cm³/mol. The van der Waals surface area contributed by atoms with Crippen LogP contribution in [0.4, 0.5) is 11.4 Å². The van der Waals surface area contributed by atoms with E-state index in [0.29, 0.717) is 0 Å². The second kappa shape index (κ2) is 14.4. The summed E-state index contributed by atoms with van der Waals surface area (Å²) in [6.07, 6.45) is 4.83. The quantitative estimate of drug-likeness (QED) is 0.194. The zero-order valence-corrected chi connectivity index (χ0v) is 23.4. The van der Waals surface area contributed by atoms with Gasteiger partial charge in [-0.15, -0.1) is 57.9 Å². The summed E-state index contributed by atoms with van der Waals surface area (Å²) in [7, 11) is 0. The van der Waals surface area contributed by atoms with E-state index < -0.39 is 0 Å². The monoisotopic (exact) mass is 518 g/mol. The standard InChI is InChI=1S/2C15H20N.Zr/c2*1-3-10-16(11-4-2)15-9-8-13-6-5-7-14(13)12-15;/h2*5-9,12H,3-4,10-11H2,1-2H3;/q2*-1;+2. The van der Waals surface area contributed by atoms with Crippen molar-refractivity contribution in [1.82, 2.24) is 0 Å². The largest absolute Gasteiger partial charge is 2.00 e. The van der Waals surface area contributed by atoms with Crippen molar-refractivity contribution < 1.29 is 26.2 Å². The van der Waals surface area contributed by atoms with Crippen molar-refractivity contribution in [2.24, 2.45) is 0 Å². The number of nitrogens with zero attached hydrogens (tertiary/aromatic N) is 2. The fourth-order valence-electron chi connectivity index (χ4n) is 4.44. The van der Waals surface area contributed by atoms with E-state index in [9.17, 15) is 0 Å². The van der Waals surface area contributed by atoms with Crippen LogP contribution in [0.1, 0.15) is 53.4 Å². The molecule has 0 saturated heterocycles. The van der Waals surface area contributed by atoms with E-state index in [-0.39, 0.29) is 26.2 Å². The number of hydrogen-bond acceptors (Lipinski definition) is 2. The van der Waals surface area contributed by atoms with Crippen molar-refractivity contribution >= 4 is 32.9 Å². The molecule has 174 valence electrons. The Morgan fingerprint density at radius 3 is 1.24 bits per heavy atom. The maximum absolute atomic E-state index is 2.48. The second-order valence-corrected chi connectivity index (χ2v) is 8.65. The first-order chi connectivity index (χ1) is 15.7. The third-order valence-corrected chi connectivity index (χ3v) is 5.95. The summed E-state index contributed by atoms with van der Waals surface area (Å²) >= 11 is 0. The normalized spacial score (nSPS) is 10.5. The van der Waals surface area contributed by atoms with Crippen molar-refractivity contribution in [3.63, 3.8) is 0 Å². The summed E-state index contributed by atoms with van der Waals surface area (Å²) in [5.74, 6) is 0. The first-order valence-corrected chi connectivity index (χ1v) is 12.5. The van der Waals surface area contributed by atoms with Crippen LogP contribution in [0.15, 0.2) is 72.8 Å². The van der Waals surface area contributed by atoms with Gasteiger partial charge in [0.15, 0.2) is 0 Å². The molecular formula is C30H40N2Zr. The van der Waals surface area contributed by atoms with Gasteiger partial charge in [-0.3, -0.25) is 0 Å². The molecule has 0 spiro atoms. The van der Waals surface area contributed by atoms with Gasteiger partial charge >= 0.3 is 26.2 Å². The Morgan fingerprint density at radius 2 is 0.909 bits per heavy atom. The van der Waals surface area contributed by atoms with Crippen molar-refractivity contribution in [3.8, 4) is 0 Å². The summed E-state index contributed by atoms with van der Waals surface area (Å²) < 4.78 is 0. The number of hydrogen-bond donors (Lipinski definition) is 0. The van der Waals surface area contributed by atoms with Crippen LogP contribution in [0.3, 0.4) is 0 Å². The Balaban J connectivity index is 0.000000227. The molecule has 0 N–H and O–H groups in total. The minimum absolute atomic E-state index is 0. The van der Waals surface area contributed by atoms with Crippen molar-refractivity contribution in [2.75, 3.05) is 36.0 Å². The van der Waals surface area contributed by atoms with Gasteiger partial charge in [-0.25, -0.2) is 0 Å². The first kappa shape index (κ1) is 27.4. The van der Waals surface area contributed by atoms with Crippen LogP contribution in [0.2, 0.25) is 0 Å². The molecule has 0 radical (unpaired) electrons. The van der Waals surface area contributed by atoms with Crippen molar-refractivity contribution in [2.45, 2.75) is 53.4 Å². The molecule has 0 aliphatic rings. The van der Waals surface area contributed by atoms with Crippen LogP contribution >= 0.6 is 0 Å². The van der Waals surface area contributed by atoms with E-state index in [1.54, 1.807) is 0 Å². The SMILES string of the molecule is CCCN(CCC)c1ccc2cc[cH-]c2c1.CCCN(CCC)c1ccc2cc[cH-]c2c1.[Zr+2].